The van der Waals surface area contributed by atoms with Gasteiger partial charge < -0.3 is 44.4 Å². The molecule has 0 unspecified atom stereocenters. The van der Waals surface area contributed by atoms with Crippen LogP contribution in [0.1, 0.15) is 70.4 Å². The van der Waals surface area contributed by atoms with E-state index in [-0.39, 0.29) is 84.3 Å². The summed E-state index contributed by atoms with van der Waals surface area (Å²) in [7, 11) is 0. The number of anilines is 4. The number of nitrogens with one attached hydrogen (secondary N) is 2. The van der Waals surface area contributed by atoms with Gasteiger partial charge in [0.25, 0.3) is 11.8 Å². The molecule has 15 nitrogen and oxygen atoms in total. The number of para-hydroxylation sites is 4. The van der Waals surface area contributed by atoms with E-state index in [2.05, 4.69) is 42.5 Å². The molecule has 4 aromatic carbocycles. The maximum Gasteiger partial charge on any atom is 0.263 e. The second-order valence-corrected chi connectivity index (χ2v) is 20.4. The number of ether oxygens (including phenoxy) is 3. The number of carbonyl (C=O) groups excluding carboxylic acids is 4. The number of aryl methyl sites for hydroxylation is 2. The van der Waals surface area contributed by atoms with Gasteiger partial charge in [-0.15, -0.1) is 0 Å². The average Bonchev–Trinajstić information content (AvgIpc) is 4.38. The molecule has 2 fully saturated rings. The highest BCUT2D eigenvalue weighted by Gasteiger charge is 2.38. The van der Waals surface area contributed by atoms with Crippen molar-refractivity contribution >= 4 is 92.8 Å². The number of nitrogens with zero attached hydrogens (tertiary/aromatic N) is 6. The van der Waals surface area contributed by atoms with Crippen LogP contribution in [0.5, 0.6) is 23.0 Å². The lowest BCUT2D eigenvalue weighted by molar-refractivity contribution is -0.121. The lowest BCUT2D eigenvalue weighted by Gasteiger charge is -2.38. The van der Waals surface area contributed by atoms with Crippen LogP contribution < -0.4 is 39.7 Å². The Kier molecular flexibility index (Phi) is 16.3. The first-order valence-electron chi connectivity index (χ1n) is 25.2. The lowest BCUT2D eigenvalue weighted by Crippen LogP contribution is -2.45. The number of fused-ring (bicyclic) bond motifs is 2. The van der Waals surface area contributed by atoms with Crippen LogP contribution in [0.4, 0.5) is 22.7 Å². The maximum absolute atomic E-state index is 14.0. The predicted octanol–water partition coefficient (Wildman–Crippen LogP) is 10.7. The normalized spacial score (nSPS) is 15.0. The highest BCUT2D eigenvalue weighted by atomic mass is 35.5. The quantitative estimate of drug-likeness (QED) is 0.0701. The second kappa shape index (κ2) is 23.5. The van der Waals surface area contributed by atoms with Crippen LogP contribution in [-0.4, -0.2) is 98.2 Å². The van der Waals surface area contributed by atoms with Crippen molar-refractivity contribution in [1.82, 2.24) is 20.6 Å². The summed E-state index contributed by atoms with van der Waals surface area (Å²) in [6.07, 6.45) is 11.7. The van der Waals surface area contributed by atoms with E-state index in [0.717, 1.165) is 61.5 Å². The minimum absolute atomic E-state index is 0.149. The van der Waals surface area contributed by atoms with Crippen molar-refractivity contribution in [2.75, 3.05) is 72.1 Å². The molecule has 0 saturated heterocycles. The Morgan fingerprint density at radius 3 is 1.35 bits per heavy atom. The fourth-order valence-corrected chi connectivity index (χ4v) is 10.4. The number of carbonyl (C=O) groups is 4. The van der Waals surface area contributed by atoms with Crippen molar-refractivity contribution in [3.63, 3.8) is 0 Å². The zero-order chi connectivity index (χ0) is 52.0. The molecule has 2 aromatic heterocycles. The third-order valence-electron chi connectivity index (χ3n) is 13.6. The van der Waals surface area contributed by atoms with Crippen LogP contribution >= 0.6 is 46.4 Å². The summed E-state index contributed by atoms with van der Waals surface area (Å²) in [4.78, 5) is 70.3. The van der Waals surface area contributed by atoms with Gasteiger partial charge in [-0.1, -0.05) is 70.7 Å². The highest BCUT2D eigenvalue weighted by Crippen LogP contribution is 2.44. The molecule has 10 rings (SSSR count). The summed E-state index contributed by atoms with van der Waals surface area (Å²) >= 11 is 26.7. The molecule has 388 valence electrons. The molecule has 75 heavy (non-hydrogen) atoms. The number of pyridine rings is 2. The Hall–Kier alpha value is -6.62. The molecule has 6 aromatic rings. The monoisotopic (exact) mass is 1090 g/mol. The van der Waals surface area contributed by atoms with E-state index < -0.39 is 0 Å². The van der Waals surface area contributed by atoms with E-state index in [9.17, 15) is 19.2 Å². The molecule has 19 heteroatoms. The summed E-state index contributed by atoms with van der Waals surface area (Å²) in [6.45, 7) is 3.57. The lowest BCUT2D eigenvalue weighted by atomic mass is 10.1. The average molecular weight is 1090 g/mol. The van der Waals surface area contributed by atoms with Gasteiger partial charge in [-0.2, -0.15) is 0 Å². The molecule has 4 amide bonds. The van der Waals surface area contributed by atoms with Gasteiger partial charge in [-0.25, -0.2) is 0 Å². The summed E-state index contributed by atoms with van der Waals surface area (Å²) in [5, 5.41) is 6.94. The van der Waals surface area contributed by atoms with Gasteiger partial charge in [0, 0.05) is 111 Å². The summed E-state index contributed by atoms with van der Waals surface area (Å²) < 4.78 is 18.1. The van der Waals surface area contributed by atoms with Crippen molar-refractivity contribution in [2.24, 2.45) is 0 Å². The van der Waals surface area contributed by atoms with Gasteiger partial charge in [-0.3, -0.25) is 29.1 Å². The molecule has 0 spiro atoms. The smallest absolute Gasteiger partial charge is 0.263 e. The van der Waals surface area contributed by atoms with Crippen molar-refractivity contribution in [1.29, 1.82) is 0 Å². The standard InChI is InChI=1S/C56H54Cl4N8O7/c57-41-31-51(74-49-17-19-61-33-39(49)55(71)67-25-23-65(37-11-12-37)45-5-1-3-7-47(45)67)43(59)29-35(41)9-15-53(69)63-21-27-73-28-22-64-54(70)16-10-36-30-44(60)52(32-42(36)58)75-50-18-20-62-34-40(50)56(72)68-26-24-66(38-13-14-38)46-6-2-4-8-48(46)68/h1-8,17-20,29-34,37-38H,9-16,21-28H2,(H,63,69)(H,64,70). The first kappa shape index (κ1) is 51.8. The van der Waals surface area contributed by atoms with E-state index in [4.69, 9.17) is 60.6 Å². The van der Waals surface area contributed by atoms with Gasteiger partial charge in [0.1, 0.15) is 34.1 Å². The van der Waals surface area contributed by atoms with Crippen molar-refractivity contribution in [2.45, 2.75) is 63.5 Å². The molecular weight excluding hydrogens is 1040 g/mol. The highest BCUT2D eigenvalue weighted by molar-refractivity contribution is 6.35. The minimum Gasteiger partial charge on any atom is -0.455 e. The number of aromatic nitrogens is 2. The maximum atomic E-state index is 14.0. The SMILES string of the molecule is O=C(CCc1cc(Cl)c(Oc2ccncc2C(=O)N2CCN(C3CC3)c3ccccc32)cc1Cl)NCCOCCNC(=O)CCc1cc(Cl)c(Oc2ccncc2C(=O)N2CCN(C3CC3)c3ccccc32)cc1Cl. The Morgan fingerprint density at radius 1 is 0.520 bits per heavy atom. The largest absolute Gasteiger partial charge is 0.455 e. The summed E-state index contributed by atoms with van der Waals surface area (Å²) in [5.41, 5.74) is 5.70. The fourth-order valence-electron chi connectivity index (χ4n) is 9.49. The van der Waals surface area contributed by atoms with Crippen LogP contribution in [-0.2, 0) is 27.2 Å². The van der Waals surface area contributed by atoms with E-state index in [1.807, 2.05) is 36.4 Å². The van der Waals surface area contributed by atoms with E-state index in [1.165, 1.54) is 12.4 Å². The molecule has 0 bridgehead atoms. The molecule has 0 atom stereocenters. The van der Waals surface area contributed by atoms with Crippen molar-refractivity contribution < 1.29 is 33.4 Å². The molecule has 4 aliphatic rings. The number of amides is 4. The fraction of sp³-hybridized carbons (Fsp3) is 0.321. The Balaban J connectivity index is 0.631. The first-order chi connectivity index (χ1) is 36.5. The number of halogens is 4. The van der Waals surface area contributed by atoms with E-state index in [0.29, 0.717) is 81.8 Å². The van der Waals surface area contributed by atoms with Gasteiger partial charge in [0.15, 0.2) is 0 Å². The van der Waals surface area contributed by atoms with Crippen molar-refractivity contribution in [3.05, 3.63) is 152 Å². The van der Waals surface area contributed by atoms with Crippen LogP contribution in [0.25, 0.3) is 0 Å². The van der Waals surface area contributed by atoms with Crippen LogP contribution in [0.2, 0.25) is 20.1 Å². The topological polar surface area (TPSA) is 159 Å². The molecule has 2 aliphatic heterocycles. The van der Waals surface area contributed by atoms with Crippen LogP contribution in [0, 0.1) is 0 Å². The number of benzene rings is 4. The van der Waals surface area contributed by atoms with Gasteiger partial charge in [-0.05, 0) is 98.2 Å². The summed E-state index contributed by atoms with van der Waals surface area (Å²) in [5.74, 6) is 0.256. The van der Waals surface area contributed by atoms with Crippen LogP contribution in [0.3, 0.4) is 0 Å². The predicted molar refractivity (Wildman–Crippen MR) is 292 cm³/mol. The number of hydrogen-bond acceptors (Lipinski definition) is 11. The molecule has 0 radical (unpaired) electrons. The molecule has 2 saturated carbocycles. The van der Waals surface area contributed by atoms with Gasteiger partial charge >= 0.3 is 0 Å². The molecule has 2 N–H and O–H groups in total. The molecular formula is C56H54Cl4N8O7. The zero-order valence-corrected chi connectivity index (χ0v) is 43.9. The second-order valence-electron chi connectivity index (χ2n) is 18.7. The molecule has 4 heterocycles. The van der Waals surface area contributed by atoms with Crippen LogP contribution in [0.15, 0.2) is 110 Å². The Morgan fingerprint density at radius 2 is 0.933 bits per heavy atom. The molecule has 2 aliphatic carbocycles. The third kappa shape index (κ3) is 12.2. The number of rotatable bonds is 20. The van der Waals surface area contributed by atoms with Gasteiger partial charge in [0.05, 0.1) is 46.0 Å². The Bertz CT molecular complexity index is 2920. The van der Waals surface area contributed by atoms with E-state index in [1.54, 1.807) is 58.6 Å². The Labute approximate surface area is 455 Å². The summed E-state index contributed by atoms with van der Waals surface area (Å²) in [6, 6.07) is 26.7. The number of hydrogen-bond donors (Lipinski definition) is 2. The first-order valence-corrected chi connectivity index (χ1v) is 26.7. The van der Waals surface area contributed by atoms with Gasteiger partial charge in [0.2, 0.25) is 11.8 Å². The minimum atomic E-state index is -0.229. The van der Waals surface area contributed by atoms with Crippen molar-refractivity contribution in [3.8, 4) is 23.0 Å². The third-order valence-corrected chi connectivity index (χ3v) is 14.9. The zero-order valence-electron chi connectivity index (χ0n) is 40.9. The van der Waals surface area contributed by atoms with E-state index >= 15 is 0 Å².